The SMILES string of the molecule is C1=C(c2cnc3[nH]nc(-c4cc5c(-c6ccccn6)nccc5[nH]4)c3c2)CCNC1. The van der Waals surface area contributed by atoms with E-state index >= 15 is 0 Å². The van der Waals surface area contributed by atoms with E-state index in [1.807, 2.05) is 30.5 Å². The van der Waals surface area contributed by atoms with Gasteiger partial charge in [-0.05, 0) is 54.4 Å². The van der Waals surface area contributed by atoms with Gasteiger partial charge in [-0.2, -0.15) is 5.10 Å². The quantitative estimate of drug-likeness (QED) is 0.432. The monoisotopic (exact) mass is 393 g/mol. The van der Waals surface area contributed by atoms with Crippen molar-refractivity contribution in [3.8, 4) is 22.8 Å². The van der Waals surface area contributed by atoms with Crippen LogP contribution in [0.3, 0.4) is 0 Å². The summed E-state index contributed by atoms with van der Waals surface area (Å²) < 4.78 is 0. The minimum Gasteiger partial charge on any atom is -0.353 e. The summed E-state index contributed by atoms with van der Waals surface area (Å²) in [5.74, 6) is 0. The number of rotatable bonds is 3. The van der Waals surface area contributed by atoms with Gasteiger partial charge in [-0.3, -0.25) is 15.1 Å². The number of H-pyrrole nitrogens is 2. The van der Waals surface area contributed by atoms with Crippen LogP contribution < -0.4 is 5.32 Å². The summed E-state index contributed by atoms with van der Waals surface area (Å²) in [6.07, 6.45) is 8.76. The molecule has 0 spiro atoms. The number of fused-ring (bicyclic) bond motifs is 2. The number of nitrogens with zero attached hydrogens (tertiary/aromatic N) is 4. The van der Waals surface area contributed by atoms with E-state index in [9.17, 15) is 0 Å². The Balaban J connectivity index is 1.50. The second-order valence-electron chi connectivity index (χ2n) is 7.39. The van der Waals surface area contributed by atoms with Gasteiger partial charge in [0.1, 0.15) is 5.69 Å². The first-order valence-electron chi connectivity index (χ1n) is 10.0. The average Bonchev–Trinajstić information content (AvgIpc) is 3.43. The van der Waals surface area contributed by atoms with Gasteiger partial charge < -0.3 is 10.3 Å². The van der Waals surface area contributed by atoms with E-state index in [0.29, 0.717) is 0 Å². The number of hydrogen-bond donors (Lipinski definition) is 3. The molecule has 0 saturated heterocycles. The van der Waals surface area contributed by atoms with Gasteiger partial charge in [0.15, 0.2) is 5.65 Å². The predicted molar refractivity (Wildman–Crippen MR) is 118 cm³/mol. The second kappa shape index (κ2) is 6.89. The zero-order valence-corrected chi connectivity index (χ0v) is 16.2. The Morgan fingerprint density at radius 3 is 2.77 bits per heavy atom. The lowest BCUT2D eigenvalue weighted by Gasteiger charge is -2.13. The molecule has 0 bridgehead atoms. The highest BCUT2D eigenvalue weighted by Crippen LogP contribution is 2.33. The Labute approximate surface area is 172 Å². The molecule has 6 heterocycles. The summed E-state index contributed by atoms with van der Waals surface area (Å²) in [6, 6.07) is 12.1. The van der Waals surface area contributed by atoms with Crippen LogP contribution in [0.4, 0.5) is 0 Å². The molecule has 0 saturated carbocycles. The molecule has 7 nitrogen and oxygen atoms in total. The number of aromatic amines is 2. The zero-order chi connectivity index (χ0) is 19.9. The first kappa shape index (κ1) is 17.1. The molecule has 3 N–H and O–H groups in total. The fourth-order valence-electron chi connectivity index (χ4n) is 4.06. The number of aromatic nitrogens is 6. The third kappa shape index (κ3) is 2.79. The fourth-order valence-corrected chi connectivity index (χ4v) is 4.06. The van der Waals surface area contributed by atoms with Crippen molar-refractivity contribution >= 4 is 27.5 Å². The molecule has 5 aromatic heterocycles. The van der Waals surface area contributed by atoms with Crippen LogP contribution in [0.25, 0.3) is 50.3 Å². The molecule has 146 valence electrons. The van der Waals surface area contributed by atoms with Crippen LogP contribution in [0.5, 0.6) is 0 Å². The summed E-state index contributed by atoms with van der Waals surface area (Å²) in [5.41, 5.74) is 7.76. The Bertz CT molecular complexity index is 1400. The molecule has 1 aliphatic heterocycles. The van der Waals surface area contributed by atoms with Crippen molar-refractivity contribution < 1.29 is 0 Å². The van der Waals surface area contributed by atoms with E-state index in [0.717, 1.165) is 69.8 Å². The van der Waals surface area contributed by atoms with Gasteiger partial charge >= 0.3 is 0 Å². The summed E-state index contributed by atoms with van der Waals surface area (Å²) in [4.78, 5) is 17.1. The van der Waals surface area contributed by atoms with Gasteiger partial charge in [0.25, 0.3) is 0 Å². The molecular weight excluding hydrogens is 374 g/mol. The lowest BCUT2D eigenvalue weighted by molar-refractivity contribution is 0.738. The highest BCUT2D eigenvalue weighted by molar-refractivity contribution is 5.99. The molecule has 30 heavy (non-hydrogen) atoms. The smallest absolute Gasteiger partial charge is 0.155 e. The second-order valence-corrected chi connectivity index (χ2v) is 7.39. The Kier molecular flexibility index (Phi) is 3.92. The standard InChI is InChI=1S/C23H19N7/c1-2-7-25-19(3-1)21-16-12-20(28-18(16)6-10-26-21)22-17-11-15(13-27-23(17)30-29-22)14-4-8-24-9-5-14/h1-4,6-7,10-13,24,28H,5,8-9H2,(H,27,29,30). The van der Waals surface area contributed by atoms with E-state index in [4.69, 9.17) is 0 Å². The van der Waals surface area contributed by atoms with Crippen LogP contribution in [-0.2, 0) is 0 Å². The van der Waals surface area contributed by atoms with E-state index in [2.05, 4.69) is 53.7 Å². The highest BCUT2D eigenvalue weighted by Gasteiger charge is 2.16. The third-order valence-corrected chi connectivity index (χ3v) is 5.56. The maximum Gasteiger partial charge on any atom is 0.155 e. The predicted octanol–water partition coefficient (Wildman–Crippen LogP) is 3.94. The summed E-state index contributed by atoms with van der Waals surface area (Å²) in [6.45, 7) is 1.89. The largest absolute Gasteiger partial charge is 0.353 e. The molecular formula is C23H19N7. The van der Waals surface area contributed by atoms with Crippen LogP contribution in [0.1, 0.15) is 12.0 Å². The first-order chi connectivity index (χ1) is 14.9. The normalized spacial score (nSPS) is 14.3. The Morgan fingerprint density at radius 1 is 0.900 bits per heavy atom. The molecule has 5 aromatic rings. The fraction of sp³-hybridized carbons (Fsp3) is 0.130. The van der Waals surface area contributed by atoms with Crippen LogP contribution in [0.15, 0.2) is 61.1 Å². The highest BCUT2D eigenvalue weighted by atomic mass is 15.2. The van der Waals surface area contributed by atoms with Crippen molar-refractivity contribution in [1.29, 1.82) is 0 Å². The van der Waals surface area contributed by atoms with E-state index in [-0.39, 0.29) is 0 Å². The van der Waals surface area contributed by atoms with E-state index in [1.54, 1.807) is 12.4 Å². The summed E-state index contributed by atoms with van der Waals surface area (Å²) in [5, 5.41) is 13.0. The Morgan fingerprint density at radius 2 is 1.90 bits per heavy atom. The molecule has 0 aliphatic carbocycles. The van der Waals surface area contributed by atoms with Gasteiger partial charge in [-0.25, -0.2) is 4.98 Å². The van der Waals surface area contributed by atoms with Gasteiger partial charge in [0, 0.05) is 41.4 Å². The number of nitrogens with one attached hydrogen (secondary N) is 3. The molecule has 0 amide bonds. The molecule has 0 fully saturated rings. The van der Waals surface area contributed by atoms with Crippen molar-refractivity contribution in [1.82, 2.24) is 35.5 Å². The molecule has 0 aromatic carbocycles. The first-order valence-corrected chi connectivity index (χ1v) is 10.0. The van der Waals surface area contributed by atoms with Crippen molar-refractivity contribution in [2.75, 3.05) is 13.1 Å². The number of hydrogen-bond acceptors (Lipinski definition) is 5. The van der Waals surface area contributed by atoms with Gasteiger partial charge in [-0.1, -0.05) is 12.1 Å². The van der Waals surface area contributed by atoms with Crippen molar-refractivity contribution in [3.05, 3.63) is 66.6 Å². The summed E-state index contributed by atoms with van der Waals surface area (Å²) in [7, 11) is 0. The third-order valence-electron chi connectivity index (χ3n) is 5.56. The molecule has 0 radical (unpaired) electrons. The van der Waals surface area contributed by atoms with Crippen LogP contribution in [0.2, 0.25) is 0 Å². The molecule has 6 rings (SSSR count). The lowest BCUT2D eigenvalue weighted by atomic mass is 10.0. The van der Waals surface area contributed by atoms with Crippen LogP contribution in [-0.4, -0.2) is 43.2 Å². The van der Waals surface area contributed by atoms with E-state index < -0.39 is 0 Å². The van der Waals surface area contributed by atoms with Crippen molar-refractivity contribution in [3.63, 3.8) is 0 Å². The lowest BCUT2D eigenvalue weighted by Crippen LogP contribution is -2.20. The van der Waals surface area contributed by atoms with Gasteiger partial charge in [0.2, 0.25) is 0 Å². The van der Waals surface area contributed by atoms with Gasteiger partial charge in [0.05, 0.1) is 17.1 Å². The maximum atomic E-state index is 4.61. The average molecular weight is 393 g/mol. The molecule has 1 aliphatic rings. The molecule has 0 atom stereocenters. The minimum atomic E-state index is 0.782. The maximum absolute atomic E-state index is 4.61. The van der Waals surface area contributed by atoms with Gasteiger partial charge in [-0.15, -0.1) is 0 Å². The molecule has 7 heteroatoms. The van der Waals surface area contributed by atoms with Crippen molar-refractivity contribution in [2.24, 2.45) is 0 Å². The summed E-state index contributed by atoms with van der Waals surface area (Å²) >= 11 is 0. The minimum absolute atomic E-state index is 0.782. The van der Waals surface area contributed by atoms with E-state index in [1.165, 1.54) is 5.57 Å². The van der Waals surface area contributed by atoms with Crippen molar-refractivity contribution in [2.45, 2.75) is 6.42 Å². The van der Waals surface area contributed by atoms with Crippen LogP contribution in [0, 0.1) is 0 Å². The molecule has 0 unspecified atom stereocenters. The number of pyridine rings is 3. The topological polar surface area (TPSA) is 95.2 Å². The zero-order valence-electron chi connectivity index (χ0n) is 16.2. The Hall–Kier alpha value is -3.84. The van der Waals surface area contributed by atoms with Crippen LogP contribution >= 0.6 is 0 Å².